The first kappa shape index (κ1) is 17.5. The fourth-order valence-electron chi connectivity index (χ4n) is 1.93. The van der Waals surface area contributed by atoms with Gasteiger partial charge in [0.05, 0.1) is 4.75 Å². The van der Waals surface area contributed by atoms with Crippen molar-refractivity contribution in [2.45, 2.75) is 44.2 Å². The molecule has 0 aliphatic heterocycles. The van der Waals surface area contributed by atoms with Crippen molar-refractivity contribution in [1.29, 1.82) is 0 Å². The number of carbonyl (C=O) groups is 1. The van der Waals surface area contributed by atoms with Gasteiger partial charge in [-0.25, -0.2) is 0 Å². The summed E-state index contributed by atoms with van der Waals surface area (Å²) in [5, 5.41) is 0. The first-order valence-corrected chi connectivity index (χ1v) is 11.2. The van der Waals surface area contributed by atoms with E-state index in [1.807, 2.05) is 51.3 Å². The molecule has 0 aromatic heterocycles. The maximum absolute atomic E-state index is 12.5. The van der Waals surface area contributed by atoms with Crippen LogP contribution >= 0.6 is 11.8 Å². The van der Waals surface area contributed by atoms with Crippen molar-refractivity contribution in [1.82, 2.24) is 0 Å². The largest absolute Gasteiger partial charge is 0.420 e. The van der Waals surface area contributed by atoms with E-state index < -0.39 is 8.32 Å². The number of carbonyl (C=O) groups excluding carboxylic acids is 1. The molecule has 0 radical (unpaired) electrons. The molecule has 0 N–H and O–H groups in total. The summed E-state index contributed by atoms with van der Waals surface area (Å²) >= 11 is 1.75. The lowest BCUT2D eigenvalue weighted by atomic mass is 10.0. The predicted octanol–water partition coefficient (Wildman–Crippen LogP) is 4.62. The number of ketones is 1. The third kappa shape index (κ3) is 5.42. The van der Waals surface area contributed by atoms with Gasteiger partial charge in [-0.15, -0.1) is 11.8 Å². The van der Waals surface area contributed by atoms with E-state index in [-0.39, 0.29) is 10.5 Å². The van der Waals surface area contributed by atoms with Crippen LogP contribution in [0.2, 0.25) is 19.1 Å². The molecule has 0 heterocycles. The van der Waals surface area contributed by atoms with Gasteiger partial charge in [-0.3, -0.25) is 4.79 Å². The highest BCUT2D eigenvalue weighted by Gasteiger charge is 2.29. The number of hydrogen-bond acceptors (Lipinski definition) is 3. The quantitative estimate of drug-likeness (QED) is 0.398. The number of benzene rings is 1. The lowest BCUT2D eigenvalue weighted by molar-refractivity contribution is 0.0958. The second-order valence-electron chi connectivity index (χ2n) is 6.12. The molecule has 0 saturated heterocycles. The van der Waals surface area contributed by atoms with E-state index in [9.17, 15) is 4.79 Å². The van der Waals surface area contributed by atoms with Gasteiger partial charge in [-0.1, -0.05) is 30.3 Å². The zero-order valence-corrected chi connectivity index (χ0v) is 15.0. The van der Waals surface area contributed by atoms with Crippen LogP contribution in [0.4, 0.5) is 0 Å². The minimum Gasteiger partial charge on any atom is -0.420 e. The first-order chi connectivity index (χ1) is 9.28. The predicted molar refractivity (Wildman–Crippen MR) is 91.2 cm³/mol. The molecule has 0 aliphatic rings. The van der Waals surface area contributed by atoms with Crippen LogP contribution in [0.1, 0.15) is 30.6 Å². The molecule has 0 amide bonds. The van der Waals surface area contributed by atoms with Crippen LogP contribution in [0, 0.1) is 0 Å². The molecular formula is C16H26O2SSi. The fraction of sp³-hybridized carbons (Fsp3) is 0.562. The van der Waals surface area contributed by atoms with Crippen LogP contribution < -0.4 is 0 Å². The van der Waals surface area contributed by atoms with Gasteiger partial charge in [-0.05, 0) is 45.2 Å². The number of rotatable bonds is 8. The van der Waals surface area contributed by atoms with Crippen LogP contribution in [0.3, 0.4) is 0 Å². The third-order valence-corrected chi connectivity index (χ3v) is 7.58. The van der Waals surface area contributed by atoms with Gasteiger partial charge >= 0.3 is 0 Å². The summed E-state index contributed by atoms with van der Waals surface area (Å²) < 4.78 is 5.19. The molecule has 2 nitrogen and oxygen atoms in total. The minimum absolute atomic E-state index is 0.214. The van der Waals surface area contributed by atoms with E-state index in [0.29, 0.717) is 0 Å². The molecular weight excluding hydrogens is 284 g/mol. The molecule has 0 spiro atoms. The molecule has 0 unspecified atom stereocenters. The number of Topliss-reactive ketones (excluding diaryl/α,β-unsaturated/α-hetero) is 1. The number of hydrogen-bond donors (Lipinski definition) is 0. The molecule has 1 aromatic carbocycles. The van der Waals surface area contributed by atoms with Crippen molar-refractivity contribution in [3.05, 3.63) is 35.9 Å². The van der Waals surface area contributed by atoms with Crippen molar-refractivity contribution in [2.24, 2.45) is 0 Å². The smallest absolute Gasteiger partial charge is 0.186 e. The second-order valence-corrected chi connectivity index (χ2v) is 12.3. The average molecular weight is 311 g/mol. The van der Waals surface area contributed by atoms with Gasteiger partial charge in [0.1, 0.15) is 0 Å². The highest BCUT2D eigenvalue weighted by molar-refractivity contribution is 8.01. The van der Waals surface area contributed by atoms with Gasteiger partial charge in [0.25, 0.3) is 0 Å². The summed E-state index contributed by atoms with van der Waals surface area (Å²) in [7, 11) is 0.345. The summed E-state index contributed by atoms with van der Waals surface area (Å²) in [5.74, 6) is 1.22. The van der Waals surface area contributed by atoms with Crippen molar-refractivity contribution in [2.75, 3.05) is 12.9 Å². The lowest BCUT2D eigenvalue weighted by Crippen LogP contribution is -2.30. The van der Waals surface area contributed by atoms with Crippen molar-refractivity contribution in [3.63, 3.8) is 0 Å². The van der Waals surface area contributed by atoms with Crippen LogP contribution in [-0.4, -0.2) is 31.7 Å². The number of thioether (sulfide) groups is 1. The molecule has 112 valence electrons. The Morgan fingerprint density at radius 2 is 1.85 bits per heavy atom. The topological polar surface area (TPSA) is 26.3 Å². The Bertz CT molecular complexity index is 429. The van der Waals surface area contributed by atoms with E-state index in [2.05, 4.69) is 13.1 Å². The standard InChI is InChI=1S/C16H26O2SSi/c1-16(2,15(17)14-10-7-6-8-11-14)19-12-9-13-20(4,5)18-3/h6-8,10-11H,9,12-13H2,1-5H3. The molecule has 0 bridgehead atoms. The molecule has 0 aliphatic carbocycles. The van der Waals surface area contributed by atoms with Crippen molar-refractivity contribution < 1.29 is 9.22 Å². The van der Waals surface area contributed by atoms with Gasteiger partial charge in [0.2, 0.25) is 0 Å². The van der Waals surface area contributed by atoms with Gasteiger partial charge < -0.3 is 4.43 Å². The minimum atomic E-state index is -1.46. The van der Waals surface area contributed by atoms with Crippen molar-refractivity contribution in [3.8, 4) is 0 Å². The fourth-order valence-corrected chi connectivity index (χ4v) is 4.47. The maximum Gasteiger partial charge on any atom is 0.186 e. The molecule has 0 saturated carbocycles. The first-order valence-electron chi connectivity index (χ1n) is 7.07. The summed E-state index contributed by atoms with van der Waals surface area (Å²) in [6.45, 7) is 8.51. The molecule has 4 heteroatoms. The van der Waals surface area contributed by atoms with Gasteiger partial charge in [0, 0.05) is 12.7 Å². The Balaban J connectivity index is 2.48. The second kappa shape index (κ2) is 7.43. The average Bonchev–Trinajstić information content (AvgIpc) is 2.44. The summed E-state index contributed by atoms with van der Waals surface area (Å²) in [6.07, 6.45) is 1.11. The highest BCUT2D eigenvalue weighted by Crippen LogP contribution is 2.30. The summed E-state index contributed by atoms with van der Waals surface area (Å²) in [4.78, 5) is 12.5. The highest BCUT2D eigenvalue weighted by atomic mass is 32.2. The normalized spacial score (nSPS) is 12.4. The van der Waals surface area contributed by atoms with E-state index in [1.165, 1.54) is 0 Å². The lowest BCUT2D eigenvalue weighted by Gasteiger charge is -2.24. The van der Waals surface area contributed by atoms with Crippen LogP contribution in [0.5, 0.6) is 0 Å². The maximum atomic E-state index is 12.5. The molecule has 0 fully saturated rings. The van der Waals surface area contributed by atoms with E-state index in [4.69, 9.17) is 4.43 Å². The summed E-state index contributed by atoms with van der Waals surface area (Å²) in [6, 6.07) is 10.7. The Morgan fingerprint density at radius 3 is 2.40 bits per heavy atom. The molecule has 20 heavy (non-hydrogen) atoms. The Morgan fingerprint density at radius 1 is 1.25 bits per heavy atom. The Kier molecular flexibility index (Phi) is 6.49. The van der Waals surface area contributed by atoms with Gasteiger partial charge in [-0.2, -0.15) is 0 Å². The molecule has 1 rings (SSSR count). The van der Waals surface area contributed by atoms with Crippen LogP contribution in [-0.2, 0) is 4.43 Å². The van der Waals surface area contributed by atoms with E-state index in [0.717, 1.165) is 23.8 Å². The van der Waals surface area contributed by atoms with E-state index in [1.54, 1.807) is 11.8 Å². The Labute approximate surface area is 128 Å². The van der Waals surface area contributed by atoms with Crippen LogP contribution in [0.25, 0.3) is 0 Å². The van der Waals surface area contributed by atoms with Gasteiger partial charge in [0.15, 0.2) is 14.1 Å². The van der Waals surface area contributed by atoms with Crippen molar-refractivity contribution >= 4 is 25.9 Å². The molecule has 1 aromatic rings. The molecule has 0 atom stereocenters. The SMILES string of the molecule is CO[Si](C)(C)CCCSC(C)(C)C(=O)c1ccccc1. The third-order valence-electron chi connectivity index (χ3n) is 3.52. The zero-order valence-electron chi connectivity index (χ0n) is 13.2. The van der Waals surface area contributed by atoms with Crippen LogP contribution in [0.15, 0.2) is 30.3 Å². The Hall–Kier alpha value is -0.583. The summed E-state index contributed by atoms with van der Waals surface area (Å²) in [5.41, 5.74) is 0.802. The zero-order chi connectivity index (χ0) is 15.2. The van der Waals surface area contributed by atoms with E-state index >= 15 is 0 Å². The monoisotopic (exact) mass is 310 g/mol.